The predicted molar refractivity (Wildman–Crippen MR) is 93.5 cm³/mol. The van der Waals surface area contributed by atoms with Crippen molar-refractivity contribution in [2.75, 3.05) is 25.0 Å². The van der Waals surface area contributed by atoms with Crippen LogP contribution in [0.1, 0.15) is 46.0 Å². The normalized spacial score (nSPS) is 19.3. The average Bonchev–Trinajstić information content (AvgIpc) is 3.00. The molecule has 0 saturated carbocycles. The Labute approximate surface area is 147 Å². The van der Waals surface area contributed by atoms with E-state index in [9.17, 15) is 13.2 Å². The van der Waals surface area contributed by atoms with Gasteiger partial charge in [0.05, 0.1) is 0 Å². The van der Waals surface area contributed by atoms with Crippen molar-refractivity contribution in [3.05, 3.63) is 0 Å². The predicted octanol–water partition coefficient (Wildman–Crippen LogP) is 1.43. The van der Waals surface area contributed by atoms with Gasteiger partial charge in [0, 0.05) is 19.5 Å². The first-order chi connectivity index (χ1) is 11.4. The summed E-state index contributed by atoms with van der Waals surface area (Å²) in [6.07, 6.45) is 5.64. The van der Waals surface area contributed by atoms with Crippen molar-refractivity contribution < 1.29 is 13.2 Å². The fourth-order valence-electron chi connectivity index (χ4n) is 2.89. The first kappa shape index (κ1) is 19.2. The Morgan fingerprint density at radius 3 is 2.88 bits per heavy atom. The van der Waals surface area contributed by atoms with E-state index >= 15 is 0 Å². The maximum absolute atomic E-state index is 12.2. The standard InChI is InChI=1S/C14H25N5O3S2/c1-3-12-7-4-5-9-19(12)10-6-8-15-24(21,22)14-18-17-13(23-14)16-11(2)20/h12,15H,3-10H2,1-2H3,(H,16,17,20)/t12-/m1/s1. The van der Waals surface area contributed by atoms with Crippen LogP contribution in [0.25, 0.3) is 0 Å². The summed E-state index contributed by atoms with van der Waals surface area (Å²) >= 11 is 0.843. The third-order valence-corrected chi connectivity index (χ3v) is 6.72. The van der Waals surface area contributed by atoms with E-state index in [0.717, 1.165) is 37.3 Å². The summed E-state index contributed by atoms with van der Waals surface area (Å²) in [4.78, 5) is 13.4. The van der Waals surface area contributed by atoms with Crippen LogP contribution in [0.5, 0.6) is 0 Å². The minimum Gasteiger partial charge on any atom is -0.301 e. The van der Waals surface area contributed by atoms with Gasteiger partial charge in [0.1, 0.15) is 0 Å². The molecular formula is C14H25N5O3S2. The molecule has 24 heavy (non-hydrogen) atoms. The molecule has 0 unspecified atom stereocenters. The summed E-state index contributed by atoms with van der Waals surface area (Å²) in [6, 6.07) is 0.624. The summed E-state index contributed by atoms with van der Waals surface area (Å²) in [5, 5.41) is 9.89. The van der Waals surface area contributed by atoms with Gasteiger partial charge < -0.3 is 10.2 Å². The van der Waals surface area contributed by atoms with Crippen LogP contribution in [0, 0.1) is 0 Å². The maximum atomic E-state index is 12.2. The van der Waals surface area contributed by atoms with Crippen molar-refractivity contribution in [3.8, 4) is 0 Å². The molecule has 1 aliphatic rings. The summed E-state index contributed by atoms with van der Waals surface area (Å²) in [5.74, 6) is -0.310. The van der Waals surface area contributed by atoms with Gasteiger partial charge >= 0.3 is 0 Å². The van der Waals surface area contributed by atoms with Crippen LogP contribution >= 0.6 is 11.3 Å². The Kier molecular flexibility index (Phi) is 7.08. The van der Waals surface area contributed by atoms with E-state index < -0.39 is 10.0 Å². The molecule has 2 rings (SSSR count). The van der Waals surface area contributed by atoms with Crippen molar-refractivity contribution in [2.45, 2.75) is 56.3 Å². The number of nitrogens with zero attached hydrogens (tertiary/aromatic N) is 3. The molecule has 0 aliphatic carbocycles. The smallest absolute Gasteiger partial charge is 0.269 e. The first-order valence-corrected chi connectivity index (χ1v) is 10.6. The highest BCUT2D eigenvalue weighted by Crippen LogP contribution is 2.20. The van der Waals surface area contributed by atoms with Gasteiger partial charge in [0.2, 0.25) is 15.4 Å². The van der Waals surface area contributed by atoms with E-state index in [1.807, 2.05) is 0 Å². The molecule has 1 saturated heterocycles. The van der Waals surface area contributed by atoms with Gasteiger partial charge in [-0.1, -0.05) is 24.7 Å². The summed E-state index contributed by atoms with van der Waals surface area (Å²) in [6.45, 7) is 5.89. The summed E-state index contributed by atoms with van der Waals surface area (Å²) in [5.41, 5.74) is 0. The van der Waals surface area contributed by atoms with E-state index in [1.165, 1.54) is 26.2 Å². The topological polar surface area (TPSA) is 104 Å². The van der Waals surface area contributed by atoms with E-state index in [2.05, 4.69) is 32.1 Å². The lowest BCUT2D eigenvalue weighted by molar-refractivity contribution is -0.114. The van der Waals surface area contributed by atoms with Gasteiger partial charge in [-0.2, -0.15) is 0 Å². The lowest BCUT2D eigenvalue weighted by Crippen LogP contribution is -2.40. The molecule has 1 amide bonds. The Hall–Kier alpha value is -1.10. The number of amides is 1. The number of hydrogen-bond acceptors (Lipinski definition) is 7. The molecule has 0 radical (unpaired) electrons. The zero-order chi connectivity index (χ0) is 17.6. The molecule has 1 aromatic rings. The minimum absolute atomic E-state index is 0.129. The van der Waals surface area contributed by atoms with Crippen molar-refractivity contribution in [2.24, 2.45) is 0 Å². The molecule has 2 N–H and O–H groups in total. The monoisotopic (exact) mass is 375 g/mol. The second-order valence-corrected chi connectivity index (χ2v) is 8.82. The molecule has 136 valence electrons. The zero-order valence-corrected chi connectivity index (χ0v) is 15.8. The molecule has 0 aromatic carbocycles. The zero-order valence-electron chi connectivity index (χ0n) is 14.1. The fraction of sp³-hybridized carbons (Fsp3) is 0.786. The largest absolute Gasteiger partial charge is 0.301 e. The number of likely N-dealkylation sites (tertiary alicyclic amines) is 1. The number of rotatable bonds is 8. The minimum atomic E-state index is -3.67. The number of carbonyl (C=O) groups excluding carboxylic acids is 1. The lowest BCUT2D eigenvalue weighted by atomic mass is 10.00. The van der Waals surface area contributed by atoms with E-state index in [0.29, 0.717) is 12.6 Å². The Bertz CT molecular complexity index is 647. The quantitative estimate of drug-likeness (QED) is 0.526. The third kappa shape index (κ3) is 5.47. The lowest BCUT2D eigenvalue weighted by Gasteiger charge is -2.35. The summed E-state index contributed by atoms with van der Waals surface area (Å²) in [7, 11) is -3.67. The fourth-order valence-corrected chi connectivity index (χ4v) is 4.95. The molecule has 1 aliphatic heterocycles. The second kappa shape index (κ2) is 8.84. The average molecular weight is 376 g/mol. The van der Waals surface area contributed by atoms with Gasteiger partial charge in [-0.3, -0.25) is 4.79 Å². The van der Waals surface area contributed by atoms with Crippen LogP contribution in [-0.4, -0.2) is 55.1 Å². The Balaban J connectivity index is 1.80. The maximum Gasteiger partial charge on any atom is 0.269 e. The number of carbonyl (C=O) groups is 1. The highest BCUT2D eigenvalue weighted by atomic mass is 32.2. The van der Waals surface area contributed by atoms with E-state index in [1.54, 1.807) is 0 Å². The molecule has 2 heterocycles. The van der Waals surface area contributed by atoms with Crippen molar-refractivity contribution in [1.82, 2.24) is 19.8 Å². The van der Waals surface area contributed by atoms with Crippen LogP contribution in [0.4, 0.5) is 5.13 Å². The molecule has 1 aromatic heterocycles. The van der Waals surface area contributed by atoms with E-state index in [-0.39, 0.29) is 15.4 Å². The molecule has 8 nitrogen and oxygen atoms in total. The van der Waals surface area contributed by atoms with Gasteiger partial charge in [-0.25, -0.2) is 13.1 Å². The highest BCUT2D eigenvalue weighted by molar-refractivity contribution is 7.91. The molecular weight excluding hydrogens is 350 g/mol. The van der Waals surface area contributed by atoms with Crippen LogP contribution < -0.4 is 10.0 Å². The van der Waals surface area contributed by atoms with Gasteiger partial charge in [-0.05, 0) is 38.8 Å². The Morgan fingerprint density at radius 1 is 1.38 bits per heavy atom. The van der Waals surface area contributed by atoms with Gasteiger partial charge in [0.25, 0.3) is 10.0 Å². The molecule has 10 heteroatoms. The number of anilines is 1. The molecule has 1 fully saturated rings. The van der Waals surface area contributed by atoms with Gasteiger partial charge in [0.15, 0.2) is 0 Å². The number of sulfonamides is 1. The Morgan fingerprint density at radius 2 is 2.17 bits per heavy atom. The van der Waals surface area contributed by atoms with Crippen molar-refractivity contribution >= 4 is 32.4 Å². The molecule has 1 atom stereocenters. The van der Waals surface area contributed by atoms with Crippen LogP contribution in [-0.2, 0) is 14.8 Å². The van der Waals surface area contributed by atoms with Crippen LogP contribution in [0.15, 0.2) is 4.34 Å². The van der Waals surface area contributed by atoms with Crippen molar-refractivity contribution in [3.63, 3.8) is 0 Å². The number of aromatic nitrogens is 2. The van der Waals surface area contributed by atoms with Gasteiger partial charge in [-0.15, -0.1) is 10.2 Å². The number of nitrogens with one attached hydrogen (secondary N) is 2. The van der Waals surface area contributed by atoms with Crippen molar-refractivity contribution in [1.29, 1.82) is 0 Å². The van der Waals surface area contributed by atoms with Crippen LogP contribution in [0.3, 0.4) is 0 Å². The molecule has 0 bridgehead atoms. The third-order valence-electron chi connectivity index (χ3n) is 4.05. The number of piperidine rings is 1. The SMILES string of the molecule is CC[C@@H]1CCCCN1CCCNS(=O)(=O)c1nnc(NC(C)=O)s1. The highest BCUT2D eigenvalue weighted by Gasteiger charge is 2.22. The summed E-state index contributed by atoms with van der Waals surface area (Å²) < 4.78 is 26.8. The second-order valence-electron chi connectivity index (χ2n) is 5.90. The van der Waals surface area contributed by atoms with E-state index in [4.69, 9.17) is 0 Å². The first-order valence-electron chi connectivity index (χ1n) is 8.27. The van der Waals surface area contributed by atoms with Crippen LogP contribution in [0.2, 0.25) is 0 Å². The number of hydrogen-bond donors (Lipinski definition) is 2. The molecule has 0 spiro atoms.